The lowest BCUT2D eigenvalue weighted by molar-refractivity contribution is 0.0955. The SMILES string of the molecule is O=C(NN=Cc1c[nH]c2ccccc12)c1cccc(S(=O)(=O)N2CCCCC2)c1. The van der Waals surface area contributed by atoms with Crippen LogP contribution in [0.4, 0.5) is 0 Å². The predicted octanol–water partition coefficient (Wildman–Crippen LogP) is 3.11. The summed E-state index contributed by atoms with van der Waals surface area (Å²) in [4.78, 5) is 15.7. The monoisotopic (exact) mass is 410 g/mol. The molecule has 2 heterocycles. The number of nitrogens with zero attached hydrogens (tertiary/aromatic N) is 2. The van der Waals surface area contributed by atoms with E-state index in [1.54, 1.807) is 18.3 Å². The van der Waals surface area contributed by atoms with Gasteiger partial charge in [-0.05, 0) is 37.1 Å². The van der Waals surface area contributed by atoms with Gasteiger partial charge in [0.1, 0.15) is 0 Å². The molecule has 0 bridgehead atoms. The lowest BCUT2D eigenvalue weighted by Gasteiger charge is -2.25. The molecule has 0 radical (unpaired) electrons. The van der Waals surface area contributed by atoms with Gasteiger partial charge in [0.05, 0.1) is 11.1 Å². The number of aromatic nitrogens is 1. The number of carbonyl (C=O) groups excluding carboxylic acids is 1. The van der Waals surface area contributed by atoms with Crippen molar-refractivity contribution in [1.29, 1.82) is 0 Å². The van der Waals surface area contributed by atoms with Gasteiger partial charge in [0, 0.05) is 41.3 Å². The average Bonchev–Trinajstić information content (AvgIpc) is 3.17. The van der Waals surface area contributed by atoms with Crippen LogP contribution in [-0.2, 0) is 10.0 Å². The number of fused-ring (bicyclic) bond motifs is 1. The van der Waals surface area contributed by atoms with E-state index in [1.807, 2.05) is 30.5 Å². The Morgan fingerprint density at radius 1 is 1.07 bits per heavy atom. The summed E-state index contributed by atoms with van der Waals surface area (Å²) in [7, 11) is -3.59. The predicted molar refractivity (Wildman–Crippen MR) is 112 cm³/mol. The van der Waals surface area contributed by atoms with Crippen molar-refractivity contribution in [2.45, 2.75) is 24.2 Å². The van der Waals surface area contributed by atoms with Crippen LogP contribution < -0.4 is 5.43 Å². The van der Waals surface area contributed by atoms with E-state index in [4.69, 9.17) is 0 Å². The molecule has 0 aliphatic carbocycles. The van der Waals surface area contributed by atoms with Gasteiger partial charge in [-0.2, -0.15) is 9.41 Å². The molecule has 0 saturated carbocycles. The fourth-order valence-corrected chi connectivity index (χ4v) is 5.04. The third kappa shape index (κ3) is 4.08. The molecule has 2 N–H and O–H groups in total. The molecular weight excluding hydrogens is 388 g/mol. The quantitative estimate of drug-likeness (QED) is 0.500. The normalized spacial score (nSPS) is 15.7. The number of piperidine rings is 1. The van der Waals surface area contributed by atoms with Crippen LogP contribution in [0.1, 0.15) is 35.2 Å². The largest absolute Gasteiger partial charge is 0.361 e. The maximum atomic E-state index is 12.8. The van der Waals surface area contributed by atoms with Gasteiger partial charge in [0.25, 0.3) is 5.91 Å². The van der Waals surface area contributed by atoms with Gasteiger partial charge in [-0.15, -0.1) is 0 Å². The van der Waals surface area contributed by atoms with Crippen LogP contribution in [-0.4, -0.2) is 42.9 Å². The third-order valence-corrected chi connectivity index (χ3v) is 6.93. The number of H-pyrrole nitrogens is 1. The number of amides is 1. The Bertz CT molecular complexity index is 1160. The number of rotatable bonds is 5. The zero-order valence-electron chi connectivity index (χ0n) is 15.8. The lowest BCUT2D eigenvalue weighted by atomic mass is 10.2. The standard InChI is InChI=1S/C21H22N4O3S/c26-21(24-23-15-17-14-22-20-10-3-2-9-19(17)20)16-7-6-8-18(13-16)29(27,28)25-11-4-1-5-12-25/h2-3,6-10,13-15,22H,1,4-5,11-12H2,(H,24,26). The van der Waals surface area contributed by atoms with Crippen LogP contribution in [0.5, 0.6) is 0 Å². The van der Waals surface area contributed by atoms with E-state index >= 15 is 0 Å². The Balaban J connectivity index is 1.48. The van der Waals surface area contributed by atoms with Gasteiger partial charge in [-0.3, -0.25) is 4.79 Å². The molecule has 7 nitrogen and oxygen atoms in total. The van der Waals surface area contributed by atoms with E-state index in [0.717, 1.165) is 35.7 Å². The van der Waals surface area contributed by atoms with E-state index in [0.29, 0.717) is 13.1 Å². The summed E-state index contributed by atoms with van der Waals surface area (Å²) in [6.07, 6.45) is 6.14. The zero-order valence-corrected chi connectivity index (χ0v) is 16.7. The lowest BCUT2D eigenvalue weighted by Crippen LogP contribution is -2.35. The number of sulfonamides is 1. The van der Waals surface area contributed by atoms with Crippen molar-refractivity contribution < 1.29 is 13.2 Å². The van der Waals surface area contributed by atoms with E-state index in [9.17, 15) is 13.2 Å². The first kappa shape index (κ1) is 19.4. The van der Waals surface area contributed by atoms with Gasteiger partial charge < -0.3 is 4.98 Å². The second-order valence-electron chi connectivity index (χ2n) is 6.98. The molecule has 1 amide bonds. The van der Waals surface area contributed by atoms with Crippen LogP contribution in [0.15, 0.2) is 64.7 Å². The van der Waals surface area contributed by atoms with Crippen LogP contribution in [0.2, 0.25) is 0 Å². The molecule has 0 spiro atoms. The number of hydrazone groups is 1. The first-order valence-electron chi connectivity index (χ1n) is 9.55. The van der Waals surface area contributed by atoms with Crippen LogP contribution in [0.25, 0.3) is 10.9 Å². The topological polar surface area (TPSA) is 94.6 Å². The van der Waals surface area contributed by atoms with Gasteiger partial charge in [-0.25, -0.2) is 13.8 Å². The number of aromatic amines is 1. The van der Waals surface area contributed by atoms with E-state index in [-0.39, 0.29) is 10.5 Å². The molecule has 1 aliphatic rings. The Kier molecular flexibility index (Phi) is 5.46. The number of nitrogens with one attached hydrogen (secondary N) is 2. The van der Waals surface area contributed by atoms with Crippen molar-refractivity contribution in [3.05, 3.63) is 65.9 Å². The zero-order chi connectivity index (χ0) is 20.3. The molecule has 0 unspecified atom stereocenters. The third-order valence-electron chi connectivity index (χ3n) is 5.04. The molecule has 0 atom stereocenters. The Morgan fingerprint density at radius 2 is 1.86 bits per heavy atom. The van der Waals surface area contributed by atoms with E-state index in [1.165, 1.54) is 16.4 Å². The van der Waals surface area contributed by atoms with E-state index < -0.39 is 15.9 Å². The fourth-order valence-electron chi connectivity index (χ4n) is 3.48. The highest BCUT2D eigenvalue weighted by molar-refractivity contribution is 7.89. The van der Waals surface area contributed by atoms with E-state index in [2.05, 4.69) is 15.5 Å². The molecule has 3 aromatic rings. The summed E-state index contributed by atoms with van der Waals surface area (Å²) in [5.41, 5.74) is 4.55. The number of carbonyl (C=O) groups is 1. The maximum Gasteiger partial charge on any atom is 0.271 e. The number of hydrogen-bond donors (Lipinski definition) is 2. The first-order chi connectivity index (χ1) is 14.1. The summed E-state index contributed by atoms with van der Waals surface area (Å²) in [6.45, 7) is 1.04. The van der Waals surface area contributed by atoms with Gasteiger partial charge in [-0.1, -0.05) is 30.7 Å². The molecule has 29 heavy (non-hydrogen) atoms. The van der Waals surface area contributed by atoms with Crippen LogP contribution in [0, 0.1) is 0 Å². The summed E-state index contributed by atoms with van der Waals surface area (Å²) in [6, 6.07) is 13.9. The summed E-state index contributed by atoms with van der Waals surface area (Å²) in [5.74, 6) is -0.461. The number of para-hydroxylation sites is 1. The highest BCUT2D eigenvalue weighted by Gasteiger charge is 2.26. The van der Waals surface area contributed by atoms with Crippen LogP contribution in [0.3, 0.4) is 0 Å². The number of benzene rings is 2. The minimum Gasteiger partial charge on any atom is -0.361 e. The minimum atomic E-state index is -3.59. The van der Waals surface area contributed by atoms with Crippen molar-refractivity contribution in [3.8, 4) is 0 Å². The van der Waals surface area contributed by atoms with Crippen molar-refractivity contribution >= 4 is 33.0 Å². The highest BCUT2D eigenvalue weighted by atomic mass is 32.2. The average molecular weight is 410 g/mol. The Morgan fingerprint density at radius 3 is 2.69 bits per heavy atom. The molecule has 1 fully saturated rings. The summed E-state index contributed by atoms with van der Waals surface area (Å²) in [5, 5.41) is 5.02. The molecule has 1 aliphatic heterocycles. The Labute approximate surface area is 169 Å². The summed E-state index contributed by atoms with van der Waals surface area (Å²) < 4.78 is 27.1. The first-order valence-corrected chi connectivity index (χ1v) is 11.0. The van der Waals surface area contributed by atoms with Crippen molar-refractivity contribution in [2.24, 2.45) is 5.10 Å². The second-order valence-corrected chi connectivity index (χ2v) is 8.92. The van der Waals surface area contributed by atoms with Crippen molar-refractivity contribution in [3.63, 3.8) is 0 Å². The van der Waals surface area contributed by atoms with Gasteiger partial charge in [0.15, 0.2) is 0 Å². The Hall–Kier alpha value is -2.97. The van der Waals surface area contributed by atoms with Crippen molar-refractivity contribution in [2.75, 3.05) is 13.1 Å². The maximum absolute atomic E-state index is 12.8. The molecular formula is C21H22N4O3S. The summed E-state index contributed by atoms with van der Waals surface area (Å²) >= 11 is 0. The smallest absolute Gasteiger partial charge is 0.271 e. The van der Waals surface area contributed by atoms with Gasteiger partial charge in [0.2, 0.25) is 10.0 Å². The molecule has 2 aromatic carbocycles. The van der Waals surface area contributed by atoms with Crippen molar-refractivity contribution in [1.82, 2.24) is 14.7 Å². The highest BCUT2D eigenvalue weighted by Crippen LogP contribution is 2.21. The molecule has 1 saturated heterocycles. The molecule has 1 aromatic heterocycles. The minimum absolute atomic E-state index is 0.132. The second kappa shape index (κ2) is 8.18. The number of hydrogen-bond acceptors (Lipinski definition) is 4. The molecule has 150 valence electrons. The van der Waals surface area contributed by atoms with Gasteiger partial charge >= 0.3 is 0 Å². The molecule has 8 heteroatoms. The fraction of sp³-hybridized carbons (Fsp3) is 0.238. The van der Waals surface area contributed by atoms with Crippen LogP contribution >= 0.6 is 0 Å². The molecule has 4 rings (SSSR count).